The van der Waals surface area contributed by atoms with Crippen LogP contribution in [0.5, 0.6) is 0 Å². The van der Waals surface area contributed by atoms with E-state index < -0.39 is 6.10 Å². The lowest BCUT2D eigenvalue weighted by molar-refractivity contribution is -0.167. The minimum absolute atomic E-state index is 0.0636. The third-order valence-corrected chi connectivity index (χ3v) is 11.2. The Hall–Kier alpha value is -1.59. The van der Waals surface area contributed by atoms with Crippen LogP contribution in [-0.2, 0) is 28.6 Å². The monoisotopic (exact) mass is 765 g/mol. The Morgan fingerprint density at radius 2 is 0.648 bits per heavy atom. The quantitative estimate of drug-likeness (QED) is 0.0349. The van der Waals surface area contributed by atoms with Gasteiger partial charge in [-0.15, -0.1) is 0 Å². The van der Waals surface area contributed by atoms with Crippen molar-refractivity contribution in [3.63, 3.8) is 0 Å². The normalized spacial score (nSPS) is 12.4. The van der Waals surface area contributed by atoms with Gasteiger partial charge in [0.1, 0.15) is 13.2 Å². The number of unbranched alkanes of at least 4 members (excludes halogenated alkanes) is 29. The van der Waals surface area contributed by atoms with Crippen molar-refractivity contribution in [2.24, 2.45) is 5.92 Å². The molecule has 0 aromatic carbocycles. The molecule has 6 nitrogen and oxygen atoms in total. The summed E-state index contributed by atoms with van der Waals surface area (Å²) in [7, 11) is 0. The number of carbonyl (C=O) groups excluding carboxylic acids is 3. The molecular formula is C48H92O6. The van der Waals surface area contributed by atoms with Crippen molar-refractivity contribution in [1.29, 1.82) is 0 Å². The van der Waals surface area contributed by atoms with E-state index in [2.05, 4.69) is 27.7 Å². The first kappa shape index (κ1) is 52.4. The van der Waals surface area contributed by atoms with Gasteiger partial charge in [-0.05, 0) is 25.2 Å². The van der Waals surface area contributed by atoms with Gasteiger partial charge in [-0.2, -0.15) is 0 Å². The Morgan fingerprint density at radius 1 is 0.370 bits per heavy atom. The molecule has 0 heterocycles. The molecule has 0 radical (unpaired) electrons. The molecular weight excluding hydrogens is 673 g/mol. The van der Waals surface area contributed by atoms with E-state index in [-0.39, 0.29) is 31.1 Å². The van der Waals surface area contributed by atoms with Crippen LogP contribution in [0.4, 0.5) is 0 Å². The van der Waals surface area contributed by atoms with E-state index in [9.17, 15) is 14.4 Å². The Morgan fingerprint density at radius 3 is 0.963 bits per heavy atom. The molecule has 54 heavy (non-hydrogen) atoms. The largest absolute Gasteiger partial charge is 0.462 e. The standard InChI is InChI=1S/C48H92O6/c1-5-8-10-12-14-16-18-19-21-22-27-31-35-39-46(49)52-42-45(54-48(51)41-37-33-29-23-20-17-15-13-11-9-6-2)43-53-47(50)40-36-32-28-25-24-26-30-34-38-44(4)7-3/h44-45H,5-43H2,1-4H3/t44?,45-/m1/s1. The first-order valence-electron chi connectivity index (χ1n) is 23.9. The van der Waals surface area contributed by atoms with Crippen LogP contribution >= 0.6 is 0 Å². The molecule has 0 bridgehead atoms. The fourth-order valence-electron chi connectivity index (χ4n) is 7.12. The summed E-state index contributed by atoms with van der Waals surface area (Å²) in [4.78, 5) is 37.8. The number of esters is 3. The summed E-state index contributed by atoms with van der Waals surface area (Å²) in [5.41, 5.74) is 0. The average molecular weight is 765 g/mol. The molecule has 0 saturated heterocycles. The van der Waals surface area contributed by atoms with Gasteiger partial charge in [-0.1, -0.05) is 227 Å². The topological polar surface area (TPSA) is 78.9 Å². The maximum atomic E-state index is 12.7. The molecule has 6 heteroatoms. The Kier molecular flexibility index (Phi) is 41.3. The summed E-state index contributed by atoms with van der Waals surface area (Å²) in [5, 5.41) is 0. The Bertz CT molecular complexity index is 813. The van der Waals surface area contributed by atoms with Crippen LogP contribution in [-0.4, -0.2) is 37.2 Å². The molecule has 0 spiro atoms. The van der Waals surface area contributed by atoms with Crippen molar-refractivity contribution in [2.45, 2.75) is 271 Å². The molecule has 0 aliphatic carbocycles. The maximum absolute atomic E-state index is 12.7. The van der Waals surface area contributed by atoms with Gasteiger partial charge in [0, 0.05) is 19.3 Å². The zero-order valence-corrected chi connectivity index (χ0v) is 36.7. The Balaban J connectivity index is 4.33. The lowest BCUT2D eigenvalue weighted by Crippen LogP contribution is -2.30. The van der Waals surface area contributed by atoms with Crippen molar-refractivity contribution in [3.05, 3.63) is 0 Å². The van der Waals surface area contributed by atoms with Crippen LogP contribution in [0.3, 0.4) is 0 Å². The van der Waals surface area contributed by atoms with Gasteiger partial charge in [0.05, 0.1) is 0 Å². The molecule has 0 amide bonds. The van der Waals surface area contributed by atoms with E-state index in [1.54, 1.807) is 0 Å². The van der Waals surface area contributed by atoms with Gasteiger partial charge in [0.15, 0.2) is 6.10 Å². The van der Waals surface area contributed by atoms with E-state index in [1.165, 1.54) is 161 Å². The van der Waals surface area contributed by atoms with E-state index in [0.717, 1.165) is 63.7 Å². The predicted octanol–water partition coefficient (Wildman–Crippen LogP) is 15.1. The van der Waals surface area contributed by atoms with Crippen LogP contribution in [0, 0.1) is 5.92 Å². The highest BCUT2D eigenvalue weighted by Crippen LogP contribution is 2.17. The minimum Gasteiger partial charge on any atom is -0.462 e. The van der Waals surface area contributed by atoms with Gasteiger partial charge < -0.3 is 14.2 Å². The van der Waals surface area contributed by atoms with Crippen LogP contribution in [0.15, 0.2) is 0 Å². The molecule has 0 N–H and O–H groups in total. The number of rotatable bonds is 43. The van der Waals surface area contributed by atoms with Crippen molar-refractivity contribution in [2.75, 3.05) is 13.2 Å². The maximum Gasteiger partial charge on any atom is 0.306 e. The molecule has 0 aromatic heterocycles. The molecule has 0 saturated carbocycles. The number of carbonyl (C=O) groups is 3. The molecule has 0 fully saturated rings. The van der Waals surface area contributed by atoms with Gasteiger partial charge in [-0.25, -0.2) is 0 Å². The fourth-order valence-corrected chi connectivity index (χ4v) is 7.12. The minimum atomic E-state index is -0.759. The molecule has 320 valence electrons. The first-order valence-corrected chi connectivity index (χ1v) is 23.9. The summed E-state index contributed by atoms with van der Waals surface area (Å²) in [6.45, 7) is 9.00. The van der Waals surface area contributed by atoms with Crippen molar-refractivity contribution < 1.29 is 28.6 Å². The van der Waals surface area contributed by atoms with E-state index >= 15 is 0 Å². The first-order chi connectivity index (χ1) is 26.4. The summed E-state index contributed by atoms with van der Waals surface area (Å²) in [6.07, 6.45) is 42.2. The van der Waals surface area contributed by atoms with Crippen LogP contribution < -0.4 is 0 Å². The van der Waals surface area contributed by atoms with Crippen molar-refractivity contribution in [1.82, 2.24) is 0 Å². The highest BCUT2D eigenvalue weighted by molar-refractivity contribution is 5.71. The smallest absolute Gasteiger partial charge is 0.306 e. The van der Waals surface area contributed by atoms with Crippen molar-refractivity contribution in [3.8, 4) is 0 Å². The summed E-state index contributed by atoms with van der Waals surface area (Å²) in [6, 6.07) is 0. The second-order valence-electron chi connectivity index (χ2n) is 16.6. The van der Waals surface area contributed by atoms with Gasteiger partial charge in [0.25, 0.3) is 0 Å². The van der Waals surface area contributed by atoms with Gasteiger partial charge in [0.2, 0.25) is 0 Å². The zero-order chi connectivity index (χ0) is 39.6. The van der Waals surface area contributed by atoms with E-state index in [1.807, 2.05) is 0 Å². The highest BCUT2D eigenvalue weighted by atomic mass is 16.6. The third-order valence-electron chi connectivity index (χ3n) is 11.2. The number of hydrogen-bond donors (Lipinski definition) is 0. The van der Waals surface area contributed by atoms with Crippen LogP contribution in [0.25, 0.3) is 0 Å². The van der Waals surface area contributed by atoms with Crippen molar-refractivity contribution >= 4 is 17.9 Å². The second kappa shape index (κ2) is 42.6. The van der Waals surface area contributed by atoms with E-state index in [4.69, 9.17) is 14.2 Å². The molecule has 0 aliphatic heterocycles. The SMILES string of the molecule is CCCCCCCCCCCCCCCC(=O)OC[C@H](COC(=O)CCCCCCCCCCC(C)CC)OC(=O)CCCCCCCCCCCCC. The molecule has 0 aromatic rings. The van der Waals surface area contributed by atoms with Gasteiger partial charge >= 0.3 is 17.9 Å². The second-order valence-corrected chi connectivity index (χ2v) is 16.6. The fraction of sp³-hybridized carbons (Fsp3) is 0.938. The van der Waals surface area contributed by atoms with Gasteiger partial charge in [-0.3, -0.25) is 14.4 Å². The highest BCUT2D eigenvalue weighted by Gasteiger charge is 2.19. The third kappa shape index (κ3) is 40.1. The summed E-state index contributed by atoms with van der Waals surface area (Å²) >= 11 is 0. The molecule has 0 rings (SSSR count). The van der Waals surface area contributed by atoms with Crippen LogP contribution in [0.1, 0.15) is 265 Å². The lowest BCUT2D eigenvalue weighted by atomic mass is 9.99. The summed E-state index contributed by atoms with van der Waals surface area (Å²) < 4.78 is 16.7. The number of ether oxygens (including phenoxy) is 3. The molecule has 0 aliphatic rings. The number of hydrogen-bond acceptors (Lipinski definition) is 6. The predicted molar refractivity (Wildman–Crippen MR) is 229 cm³/mol. The van der Waals surface area contributed by atoms with Crippen LogP contribution in [0.2, 0.25) is 0 Å². The Labute approximate surface area is 336 Å². The molecule has 1 unspecified atom stereocenters. The lowest BCUT2D eigenvalue weighted by Gasteiger charge is -2.18. The zero-order valence-electron chi connectivity index (χ0n) is 36.7. The van der Waals surface area contributed by atoms with E-state index in [0.29, 0.717) is 19.3 Å². The summed E-state index contributed by atoms with van der Waals surface area (Å²) in [5.74, 6) is -0.00409. The average Bonchev–Trinajstić information content (AvgIpc) is 3.17. The molecule has 2 atom stereocenters.